The molecule has 1 amide bonds. The number of aromatic amines is 1. The number of carboxylic acid groups (broad SMARTS) is 1. The van der Waals surface area contributed by atoms with E-state index in [1.807, 2.05) is 48.5 Å². The number of nitrogens with one attached hydrogen (secondary N) is 1. The number of rotatable bonds is 5. The normalized spacial score (nSPS) is 18.3. The smallest absolute Gasteiger partial charge is 0.326 e. The van der Waals surface area contributed by atoms with E-state index in [9.17, 15) is 14.7 Å². The lowest BCUT2D eigenvalue weighted by Crippen LogP contribution is -2.50. The maximum atomic E-state index is 12.6. The fraction of sp³-hybridized carbons (Fsp3) is 0.333. The largest absolute Gasteiger partial charge is 0.480 e. The molecule has 0 bridgehead atoms. The SMILES string of the molecule is CCN(CC)c1ccc([C@H]2c3[nH]c4ccccc4c3C[C@H](C(=O)O)N2C(C)=O)cc1. The standard InChI is InChI=1S/C24H27N3O3/c1-4-26(5-2)17-12-10-16(11-13-17)23-22-19(18-8-6-7-9-20(18)25-22)14-21(24(29)30)27(23)15(3)28/h6-13,21,23,25H,4-5,14H2,1-3H3,(H,29,30)/t21-,23+/m1/s1. The molecule has 0 fully saturated rings. The van der Waals surface area contributed by atoms with Crippen LogP contribution in [0.5, 0.6) is 0 Å². The van der Waals surface area contributed by atoms with Crippen molar-refractivity contribution in [3.05, 3.63) is 65.4 Å². The zero-order chi connectivity index (χ0) is 21.4. The summed E-state index contributed by atoms with van der Waals surface area (Å²) in [5.74, 6) is -1.23. The zero-order valence-electron chi connectivity index (χ0n) is 17.6. The van der Waals surface area contributed by atoms with Crippen molar-refractivity contribution in [3.63, 3.8) is 0 Å². The Hall–Kier alpha value is -3.28. The quantitative estimate of drug-likeness (QED) is 0.674. The van der Waals surface area contributed by atoms with Crippen molar-refractivity contribution >= 4 is 28.5 Å². The van der Waals surface area contributed by atoms with Crippen molar-refractivity contribution in [1.29, 1.82) is 0 Å². The molecule has 2 aromatic carbocycles. The lowest BCUT2D eigenvalue weighted by atomic mass is 9.88. The van der Waals surface area contributed by atoms with Crippen LogP contribution in [0.15, 0.2) is 48.5 Å². The molecule has 0 aliphatic carbocycles. The van der Waals surface area contributed by atoms with Gasteiger partial charge in [0.2, 0.25) is 5.91 Å². The van der Waals surface area contributed by atoms with Gasteiger partial charge in [-0.1, -0.05) is 30.3 Å². The van der Waals surface area contributed by atoms with Gasteiger partial charge in [0, 0.05) is 48.7 Å². The number of anilines is 1. The monoisotopic (exact) mass is 405 g/mol. The van der Waals surface area contributed by atoms with Crippen LogP contribution < -0.4 is 4.90 Å². The molecular formula is C24H27N3O3. The Morgan fingerprint density at radius 3 is 2.37 bits per heavy atom. The van der Waals surface area contributed by atoms with Crippen molar-refractivity contribution in [2.75, 3.05) is 18.0 Å². The van der Waals surface area contributed by atoms with Crippen LogP contribution in [0.3, 0.4) is 0 Å². The molecule has 30 heavy (non-hydrogen) atoms. The lowest BCUT2D eigenvalue weighted by Gasteiger charge is -2.40. The van der Waals surface area contributed by atoms with Crippen molar-refractivity contribution in [2.45, 2.75) is 39.3 Å². The van der Waals surface area contributed by atoms with E-state index < -0.39 is 18.1 Å². The number of hydrogen-bond acceptors (Lipinski definition) is 3. The summed E-state index contributed by atoms with van der Waals surface area (Å²) in [6, 6.07) is 14.7. The highest BCUT2D eigenvalue weighted by molar-refractivity contribution is 5.90. The van der Waals surface area contributed by atoms with Crippen LogP contribution in [-0.2, 0) is 16.0 Å². The molecule has 156 valence electrons. The number of benzene rings is 2. The van der Waals surface area contributed by atoms with Gasteiger partial charge in [-0.3, -0.25) is 4.79 Å². The Kier molecular flexibility index (Phi) is 5.24. The molecule has 0 saturated carbocycles. The number of carbonyl (C=O) groups excluding carboxylic acids is 1. The average molecular weight is 405 g/mol. The van der Waals surface area contributed by atoms with Crippen LogP contribution in [-0.4, -0.2) is 46.0 Å². The molecule has 0 unspecified atom stereocenters. The fourth-order valence-corrected chi connectivity index (χ4v) is 4.68. The third kappa shape index (κ3) is 3.22. The van der Waals surface area contributed by atoms with Gasteiger partial charge in [0.15, 0.2) is 0 Å². The highest BCUT2D eigenvalue weighted by atomic mass is 16.4. The molecule has 0 spiro atoms. The van der Waals surface area contributed by atoms with Crippen LogP contribution in [0.25, 0.3) is 10.9 Å². The van der Waals surface area contributed by atoms with E-state index in [1.54, 1.807) is 0 Å². The van der Waals surface area contributed by atoms with Gasteiger partial charge in [-0.2, -0.15) is 0 Å². The van der Waals surface area contributed by atoms with Crippen LogP contribution in [0.1, 0.15) is 43.6 Å². The zero-order valence-corrected chi connectivity index (χ0v) is 17.6. The highest BCUT2D eigenvalue weighted by Crippen LogP contribution is 2.41. The molecule has 1 aliphatic heterocycles. The Morgan fingerprint density at radius 2 is 1.77 bits per heavy atom. The second-order valence-corrected chi connectivity index (χ2v) is 7.71. The molecule has 0 saturated heterocycles. The van der Waals surface area contributed by atoms with Gasteiger partial charge < -0.3 is 19.9 Å². The van der Waals surface area contributed by atoms with Gasteiger partial charge in [-0.25, -0.2) is 4.79 Å². The van der Waals surface area contributed by atoms with Gasteiger partial charge >= 0.3 is 5.97 Å². The average Bonchev–Trinajstić information content (AvgIpc) is 3.12. The molecule has 2 atom stereocenters. The third-order valence-electron chi connectivity index (χ3n) is 6.12. The molecule has 6 nitrogen and oxygen atoms in total. The summed E-state index contributed by atoms with van der Waals surface area (Å²) in [6.45, 7) is 7.49. The van der Waals surface area contributed by atoms with Crippen LogP contribution in [0.2, 0.25) is 0 Å². The number of fused-ring (bicyclic) bond motifs is 3. The van der Waals surface area contributed by atoms with E-state index in [0.29, 0.717) is 6.42 Å². The molecule has 2 heterocycles. The Bertz CT molecular complexity index is 1080. The molecule has 6 heteroatoms. The summed E-state index contributed by atoms with van der Waals surface area (Å²) in [5.41, 5.74) is 4.86. The first-order chi connectivity index (χ1) is 14.5. The third-order valence-corrected chi connectivity index (χ3v) is 6.12. The first-order valence-corrected chi connectivity index (χ1v) is 10.4. The molecule has 1 aliphatic rings. The van der Waals surface area contributed by atoms with E-state index in [2.05, 4.69) is 23.7 Å². The number of nitrogens with zero attached hydrogens (tertiary/aromatic N) is 2. The lowest BCUT2D eigenvalue weighted by molar-refractivity contribution is -0.151. The first-order valence-electron chi connectivity index (χ1n) is 10.4. The fourth-order valence-electron chi connectivity index (χ4n) is 4.68. The minimum Gasteiger partial charge on any atom is -0.480 e. The predicted molar refractivity (Wildman–Crippen MR) is 118 cm³/mol. The van der Waals surface area contributed by atoms with Crippen molar-refractivity contribution < 1.29 is 14.7 Å². The van der Waals surface area contributed by atoms with Gasteiger partial charge in [0.05, 0.1) is 6.04 Å². The maximum absolute atomic E-state index is 12.6. The van der Waals surface area contributed by atoms with E-state index in [-0.39, 0.29) is 5.91 Å². The number of aliphatic carboxylic acids is 1. The van der Waals surface area contributed by atoms with E-state index in [1.165, 1.54) is 11.8 Å². The summed E-state index contributed by atoms with van der Waals surface area (Å²) in [4.78, 5) is 32.0. The van der Waals surface area contributed by atoms with Gasteiger partial charge in [0.25, 0.3) is 0 Å². The van der Waals surface area contributed by atoms with Gasteiger partial charge in [-0.15, -0.1) is 0 Å². The molecular weight excluding hydrogens is 378 g/mol. The number of carboxylic acids is 1. The summed E-state index contributed by atoms with van der Waals surface area (Å²) in [5, 5.41) is 10.9. The van der Waals surface area contributed by atoms with Crippen molar-refractivity contribution in [2.24, 2.45) is 0 Å². The molecule has 3 aromatic rings. The van der Waals surface area contributed by atoms with E-state index >= 15 is 0 Å². The molecule has 0 radical (unpaired) electrons. The number of aromatic nitrogens is 1. The second-order valence-electron chi connectivity index (χ2n) is 7.71. The molecule has 2 N–H and O–H groups in total. The summed E-state index contributed by atoms with van der Waals surface area (Å²) >= 11 is 0. The van der Waals surface area contributed by atoms with Gasteiger partial charge in [-0.05, 0) is 43.2 Å². The summed E-state index contributed by atoms with van der Waals surface area (Å²) in [6.07, 6.45) is 0.294. The predicted octanol–water partition coefficient (Wildman–Crippen LogP) is 3.96. The van der Waals surface area contributed by atoms with Gasteiger partial charge in [0.1, 0.15) is 6.04 Å². The van der Waals surface area contributed by atoms with E-state index in [4.69, 9.17) is 0 Å². The minimum atomic E-state index is -0.981. The number of amides is 1. The van der Waals surface area contributed by atoms with E-state index in [0.717, 1.165) is 46.5 Å². The first kappa shape index (κ1) is 20.0. The van der Waals surface area contributed by atoms with Crippen molar-refractivity contribution in [1.82, 2.24) is 9.88 Å². The topological polar surface area (TPSA) is 76.6 Å². The van der Waals surface area contributed by atoms with Crippen LogP contribution >= 0.6 is 0 Å². The number of hydrogen-bond donors (Lipinski definition) is 2. The molecule has 1 aromatic heterocycles. The van der Waals surface area contributed by atoms with Crippen LogP contribution in [0.4, 0.5) is 5.69 Å². The Labute approximate surface area is 176 Å². The van der Waals surface area contributed by atoms with Crippen LogP contribution in [0, 0.1) is 0 Å². The highest BCUT2D eigenvalue weighted by Gasteiger charge is 2.42. The second kappa shape index (κ2) is 7.86. The Balaban J connectivity index is 1.88. The Morgan fingerprint density at radius 1 is 1.10 bits per heavy atom. The number of H-pyrrole nitrogens is 1. The summed E-state index contributed by atoms with van der Waals surface area (Å²) in [7, 11) is 0. The molecule has 4 rings (SSSR count). The summed E-state index contributed by atoms with van der Waals surface area (Å²) < 4.78 is 0. The maximum Gasteiger partial charge on any atom is 0.326 e. The number of para-hydroxylation sites is 1. The number of carbonyl (C=O) groups is 2. The minimum absolute atomic E-state index is 0.246. The van der Waals surface area contributed by atoms with Crippen molar-refractivity contribution in [3.8, 4) is 0 Å².